The number of hydrogen-bond acceptors (Lipinski definition) is 3. The average Bonchev–Trinajstić information content (AvgIpc) is 2.47. The van der Waals surface area contributed by atoms with Crippen molar-refractivity contribution in [2.24, 2.45) is 11.8 Å². The Balaban J connectivity index is 2.65. The summed E-state index contributed by atoms with van der Waals surface area (Å²) in [5, 5.41) is 14.2. The Kier molecular flexibility index (Phi) is 5.90. The van der Waals surface area contributed by atoms with Crippen LogP contribution in [-0.4, -0.2) is 22.9 Å². The molecule has 0 heterocycles. The van der Waals surface area contributed by atoms with Crippen LogP contribution in [0.2, 0.25) is 0 Å². The van der Waals surface area contributed by atoms with E-state index in [4.69, 9.17) is 5.11 Å². The molecule has 0 fully saturated rings. The summed E-state index contributed by atoms with van der Waals surface area (Å²) < 4.78 is 0. The van der Waals surface area contributed by atoms with Gasteiger partial charge in [-0.05, 0) is 24.3 Å². The van der Waals surface area contributed by atoms with E-state index in [2.05, 4.69) is 10.6 Å². The minimum Gasteiger partial charge on any atom is -0.481 e. The lowest BCUT2D eigenvalue weighted by Crippen LogP contribution is -2.29. The minimum absolute atomic E-state index is 0.0873. The fraction of sp³-hybridized carbons (Fsp3) is 0.400. The highest BCUT2D eigenvalue weighted by Crippen LogP contribution is 2.17. The summed E-state index contributed by atoms with van der Waals surface area (Å²) >= 11 is 0. The van der Waals surface area contributed by atoms with Gasteiger partial charge in [0.25, 0.3) is 0 Å². The molecule has 3 N–H and O–H groups in total. The maximum atomic E-state index is 11.9. The maximum Gasteiger partial charge on any atom is 0.307 e. The van der Waals surface area contributed by atoms with Crippen molar-refractivity contribution in [2.45, 2.75) is 27.2 Å². The fourth-order valence-corrected chi connectivity index (χ4v) is 1.58. The summed E-state index contributed by atoms with van der Waals surface area (Å²) in [6.45, 7) is 4.83. The van der Waals surface area contributed by atoms with Crippen molar-refractivity contribution in [3.63, 3.8) is 0 Å². The van der Waals surface area contributed by atoms with Gasteiger partial charge in [0.2, 0.25) is 11.8 Å². The molecule has 0 aliphatic rings. The molecule has 0 spiro atoms. The molecule has 1 aromatic carbocycles. The Morgan fingerprint density at radius 3 is 1.90 bits per heavy atom. The Bertz CT molecular complexity index is 525. The number of carbonyl (C=O) groups is 3. The van der Waals surface area contributed by atoms with Crippen molar-refractivity contribution in [1.29, 1.82) is 0 Å². The molecule has 6 heteroatoms. The second-order valence-corrected chi connectivity index (χ2v) is 4.88. The van der Waals surface area contributed by atoms with Gasteiger partial charge in [0.15, 0.2) is 0 Å². The highest BCUT2D eigenvalue weighted by Gasteiger charge is 2.25. The Morgan fingerprint density at radius 1 is 1.00 bits per heavy atom. The summed E-state index contributed by atoms with van der Waals surface area (Å²) in [7, 11) is 0. The van der Waals surface area contributed by atoms with E-state index in [1.165, 1.54) is 6.92 Å². The number of hydrogen-bond donors (Lipinski definition) is 3. The van der Waals surface area contributed by atoms with Crippen LogP contribution >= 0.6 is 0 Å². The lowest BCUT2D eigenvalue weighted by Gasteiger charge is -2.16. The van der Waals surface area contributed by atoms with Crippen LogP contribution < -0.4 is 10.6 Å². The number of rotatable bonds is 6. The van der Waals surface area contributed by atoms with Crippen molar-refractivity contribution in [3.8, 4) is 0 Å². The molecule has 0 bridgehead atoms. The third kappa shape index (κ3) is 4.91. The van der Waals surface area contributed by atoms with Gasteiger partial charge in [-0.1, -0.05) is 20.8 Å². The van der Waals surface area contributed by atoms with Crippen LogP contribution in [0, 0.1) is 11.8 Å². The van der Waals surface area contributed by atoms with Gasteiger partial charge in [-0.25, -0.2) is 0 Å². The quantitative estimate of drug-likeness (QED) is 0.749. The van der Waals surface area contributed by atoms with Gasteiger partial charge in [0.05, 0.1) is 5.92 Å². The number of carbonyl (C=O) groups excluding carboxylic acids is 2. The normalized spacial score (nSPS) is 13.1. The molecule has 0 aliphatic heterocycles. The molecule has 21 heavy (non-hydrogen) atoms. The van der Waals surface area contributed by atoms with E-state index in [0.29, 0.717) is 17.8 Å². The number of anilines is 2. The molecule has 114 valence electrons. The number of carboxylic acids is 1. The predicted molar refractivity (Wildman–Crippen MR) is 80.0 cm³/mol. The monoisotopic (exact) mass is 292 g/mol. The largest absolute Gasteiger partial charge is 0.481 e. The molecule has 2 amide bonds. The summed E-state index contributed by atoms with van der Waals surface area (Å²) in [5.74, 6) is -2.84. The first kappa shape index (κ1) is 16.7. The molecule has 0 saturated carbocycles. The Hall–Kier alpha value is -2.37. The van der Waals surface area contributed by atoms with Crippen LogP contribution in [0.15, 0.2) is 24.3 Å². The highest BCUT2D eigenvalue weighted by atomic mass is 16.4. The SMILES string of the molecule is CCC(=O)Nc1ccc(NC(=O)C(C)C(C)C(=O)O)cc1. The number of nitrogens with one attached hydrogen (secondary N) is 2. The zero-order valence-corrected chi connectivity index (χ0v) is 12.3. The lowest BCUT2D eigenvalue weighted by atomic mass is 9.95. The first-order valence-electron chi connectivity index (χ1n) is 6.78. The van der Waals surface area contributed by atoms with Crippen molar-refractivity contribution in [2.75, 3.05) is 10.6 Å². The molecule has 0 radical (unpaired) electrons. The van der Waals surface area contributed by atoms with E-state index in [1.807, 2.05) is 0 Å². The molecule has 2 unspecified atom stereocenters. The number of aliphatic carboxylic acids is 1. The molecular weight excluding hydrogens is 272 g/mol. The lowest BCUT2D eigenvalue weighted by molar-refractivity contribution is -0.145. The van der Waals surface area contributed by atoms with Crippen molar-refractivity contribution >= 4 is 29.2 Å². The second-order valence-electron chi connectivity index (χ2n) is 4.88. The molecule has 0 aromatic heterocycles. The molecule has 2 atom stereocenters. The zero-order valence-electron chi connectivity index (χ0n) is 12.3. The van der Waals surface area contributed by atoms with Gasteiger partial charge in [0, 0.05) is 23.7 Å². The number of benzene rings is 1. The van der Waals surface area contributed by atoms with Crippen molar-refractivity contribution < 1.29 is 19.5 Å². The van der Waals surface area contributed by atoms with Crippen LogP contribution in [0.1, 0.15) is 27.2 Å². The van der Waals surface area contributed by atoms with Gasteiger partial charge in [0.1, 0.15) is 0 Å². The summed E-state index contributed by atoms with van der Waals surface area (Å²) in [5.41, 5.74) is 1.20. The van der Waals surface area contributed by atoms with E-state index in [9.17, 15) is 14.4 Å². The number of amides is 2. The molecule has 6 nitrogen and oxygen atoms in total. The van der Waals surface area contributed by atoms with Gasteiger partial charge in [-0.2, -0.15) is 0 Å². The maximum absolute atomic E-state index is 11.9. The second kappa shape index (κ2) is 7.42. The first-order chi connectivity index (χ1) is 9.85. The molecule has 1 rings (SSSR count). The van der Waals surface area contributed by atoms with Gasteiger partial charge in [-0.15, -0.1) is 0 Å². The van der Waals surface area contributed by atoms with Crippen molar-refractivity contribution in [3.05, 3.63) is 24.3 Å². The van der Waals surface area contributed by atoms with E-state index >= 15 is 0 Å². The molecule has 0 saturated heterocycles. The third-order valence-electron chi connectivity index (χ3n) is 3.31. The van der Waals surface area contributed by atoms with Crippen molar-refractivity contribution in [1.82, 2.24) is 0 Å². The first-order valence-corrected chi connectivity index (χ1v) is 6.78. The van der Waals surface area contributed by atoms with Gasteiger partial charge < -0.3 is 15.7 Å². The zero-order chi connectivity index (χ0) is 16.0. The predicted octanol–water partition coefficient (Wildman–Crippen LogP) is 2.33. The summed E-state index contributed by atoms with van der Waals surface area (Å²) in [6.07, 6.45) is 0.392. The average molecular weight is 292 g/mol. The van der Waals surface area contributed by atoms with E-state index in [-0.39, 0.29) is 11.8 Å². The Morgan fingerprint density at radius 2 is 1.48 bits per heavy atom. The topological polar surface area (TPSA) is 95.5 Å². The van der Waals surface area contributed by atoms with E-state index in [1.54, 1.807) is 38.1 Å². The summed E-state index contributed by atoms with van der Waals surface area (Å²) in [4.78, 5) is 34.0. The van der Waals surface area contributed by atoms with Crippen LogP contribution in [0.25, 0.3) is 0 Å². The van der Waals surface area contributed by atoms with E-state index < -0.39 is 17.8 Å². The number of carboxylic acid groups (broad SMARTS) is 1. The van der Waals surface area contributed by atoms with Gasteiger partial charge in [-0.3, -0.25) is 14.4 Å². The van der Waals surface area contributed by atoms with Crippen LogP contribution in [0.3, 0.4) is 0 Å². The van der Waals surface area contributed by atoms with Crippen LogP contribution in [-0.2, 0) is 14.4 Å². The highest BCUT2D eigenvalue weighted by molar-refractivity contribution is 5.95. The summed E-state index contributed by atoms with van der Waals surface area (Å²) in [6, 6.07) is 6.66. The standard InChI is InChI=1S/C15H20N2O4/c1-4-13(18)16-11-5-7-12(8-6-11)17-14(19)9(2)10(3)15(20)21/h5-10H,4H2,1-3H3,(H,16,18)(H,17,19)(H,20,21). The smallest absolute Gasteiger partial charge is 0.307 e. The molecule has 0 aliphatic carbocycles. The van der Waals surface area contributed by atoms with Crippen LogP contribution in [0.4, 0.5) is 11.4 Å². The van der Waals surface area contributed by atoms with Gasteiger partial charge >= 0.3 is 5.97 Å². The van der Waals surface area contributed by atoms with Crippen LogP contribution in [0.5, 0.6) is 0 Å². The third-order valence-corrected chi connectivity index (χ3v) is 3.31. The Labute approximate surface area is 123 Å². The minimum atomic E-state index is -1.00. The molecule has 1 aromatic rings. The van der Waals surface area contributed by atoms with E-state index in [0.717, 1.165) is 0 Å². The fourth-order valence-electron chi connectivity index (χ4n) is 1.58. The molecular formula is C15H20N2O4.